The lowest BCUT2D eigenvalue weighted by Gasteiger charge is -2.24. The van der Waals surface area contributed by atoms with Crippen molar-refractivity contribution in [2.45, 2.75) is 45.8 Å². The number of carbonyl (C=O) groups excluding carboxylic acids is 2. The molecule has 43 heavy (non-hydrogen) atoms. The van der Waals surface area contributed by atoms with E-state index in [1.54, 1.807) is 48.5 Å². The number of halogens is 1. The average molecular weight is 619 g/mol. The third-order valence-corrected chi connectivity index (χ3v) is 8.87. The summed E-state index contributed by atoms with van der Waals surface area (Å²) in [7, 11) is 1.54. The van der Waals surface area contributed by atoms with Crippen molar-refractivity contribution in [2.24, 2.45) is 5.92 Å². The third kappa shape index (κ3) is 5.43. The number of thiazole rings is 1. The molecule has 2 atom stereocenters. The summed E-state index contributed by atoms with van der Waals surface area (Å²) in [5.74, 6) is 0.355. The summed E-state index contributed by atoms with van der Waals surface area (Å²) in [5.41, 5.74) is 2.52. The van der Waals surface area contributed by atoms with Crippen LogP contribution in [0, 0.1) is 5.92 Å². The summed E-state index contributed by atoms with van der Waals surface area (Å²) in [6.07, 6.45) is 1.56. The Kier molecular flexibility index (Phi) is 7.79. The summed E-state index contributed by atoms with van der Waals surface area (Å²) in [5, 5.41) is 12.5. The van der Waals surface area contributed by atoms with Crippen molar-refractivity contribution in [3.63, 3.8) is 0 Å². The fourth-order valence-corrected chi connectivity index (χ4v) is 6.71. The Labute approximate surface area is 258 Å². The second-order valence-electron chi connectivity index (χ2n) is 11.2. The molecule has 3 aromatic carbocycles. The van der Waals surface area contributed by atoms with Crippen LogP contribution < -0.4 is 19.1 Å². The van der Waals surface area contributed by atoms with E-state index in [2.05, 4.69) is 18.8 Å². The van der Waals surface area contributed by atoms with Gasteiger partial charge in [0.15, 0.2) is 16.6 Å². The number of fused-ring (bicyclic) bond motifs is 2. The summed E-state index contributed by atoms with van der Waals surface area (Å²) >= 11 is 7.46. The molecule has 1 N–H and O–H groups in total. The van der Waals surface area contributed by atoms with Crippen LogP contribution in [0.25, 0.3) is 16.0 Å². The van der Waals surface area contributed by atoms with E-state index in [0.717, 1.165) is 22.4 Å². The lowest BCUT2D eigenvalue weighted by molar-refractivity contribution is -0.132. The van der Waals surface area contributed by atoms with Crippen molar-refractivity contribution in [1.82, 2.24) is 4.98 Å². The fourth-order valence-electron chi connectivity index (χ4n) is 5.44. The van der Waals surface area contributed by atoms with Crippen molar-refractivity contribution in [1.29, 1.82) is 0 Å². The number of carbonyl (C=O) groups is 2. The van der Waals surface area contributed by atoms with E-state index >= 15 is 0 Å². The molecule has 1 aromatic heterocycles. The van der Waals surface area contributed by atoms with Gasteiger partial charge in [0.05, 0.1) is 35.5 Å². The highest BCUT2D eigenvalue weighted by atomic mass is 35.5. The monoisotopic (exact) mass is 618 g/mol. The topological polar surface area (TPSA) is 98.2 Å². The Bertz CT molecular complexity index is 1780. The lowest BCUT2D eigenvalue weighted by Crippen LogP contribution is -2.29. The van der Waals surface area contributed by atoms with Gasteiger partial charge in [-0.3, -0.25) is 14.5 Å². The molecule has 4 aromatic rings. The number of Topliss-reactive ketones (excluding diaryl/α,β-unsaturated/α-hetero) is 1. The van der Waals surface area contributed by atoms with Gasteiger partial charge in [0, 0.05) is 17.0 Å². The van der Waals surface area contributed by atoms with E-state index < -0.39 is 17.7 Å². The third-order valence-electron chi connectivity index (χ3n) is 7.62. The highest BCUT2D eigenvalue weighted by Crippen LogP contribution is 2.46. The van der Waals surface area contributed by atoms with Crippen molar-refractivity contribution >= 4 is 55.7 Å². The number of aliphatic hydroxyl groups excluding tert-OH is 1. The maximum absolute atomic E-state index is 13.7. The van der Waals surface area contributed by atoms with Gasteiger partial charge in [0.25, 0.3) is 5.78 Å². The van der Waals surface area contributed by atoms with Gasteiger partial charge in [-0.15, -0.1) is 0 Å². The number of ketones is 1. The SMILES string of the molecule is COc1cc([C@H]2/C(=C(\O)c3ccc4c(c3)C[C@@H](C)O4)C(=O)C(=O)N2c2nc3ccc(Cl)cc3s2)ccc1OCCC(C)C. The number of ether oxygens (including phenoxy) is 3. The zero-order chi connectivity index (χ0) is 30.4. The van der Waals surface area contributed by atoms with Gasteiger partial charge in [0.1, 0.15) is 17.6 Å². The number of anilines is 1. The normalized spacial score (nSPS) is 19.3. The van der Waals surface area contributed by atoms with E-state index in [4.69, 9.17) is 25.8 Å². The summed E-state index contributed by atoms with van der Waals surface area (Å²) in [4.78, 5) is 33.5. The molecule has 3 heterocycles. The molecule has 1 amide bonds. The van der Waals surface area contributed by atoms with Gasteiger partial charge in [-0.2, -0.15) is 0 Å². The van der Waals surface area contributed by atoms with E-state index in [1.807, 2.05) is 13.0 Å². The first kappa shape index (κ1) is 29.0. The van der Waals surface area contributed by atoms with E-state index in [9.17, 15) is 14.7 Å². The van der Waals surface area contributed by atoms with Crippen LogP contribution in [0.2, 0.25) is 5.02 Å². The molecule has 0 bridgehead atoms. The second-order valence-corrected chi connectivity index (χ2v) is 12.6. The van der Waals surface area contributed by atoms with E-state index in [0.29, 0.717) is 57.2 Å². The number of hydrogen-bond acceptors (Lipinski definition) is 8. The Morgan fingerprint density at radius 1 is 1.14 bits per heavy atom. The molecule has 1 fully saturated rings. The van der Waals surface area contributed by atoms with Crippen LogP contribution in [0.4, 0.5) is 5.13 Å². The van der Waals surface area contributed by atoms with Gasteiger partial charge in [-0.1, -0.05) is 42.9 Å². The zero-order valence-corrected chi connectivity index (χ0v) is 25.8. The van der Waals surface area contributed by atoms with Crippen molar-refractivity contribution in [3.05, 3.63) is 81.9 Å². The fraction of sp³-hybridized carbons (Fsp3) is 0.303. The van der Waals surface area contributed by atoms with Gasteiger partial charge < -0.3 is 19.3 Å². The molecule has 222 valence electrons. The molecule has 0 aliphatic carbocycles. The lowest BCUT2D eigenvalue weighted by atomic mass is 9.94. The molecule has 6 rings (SSSR count). The predicted octanol–water partition coefficient (Wildman–Crippen LogP) is 7.33. The standard InChI is InChI=1S/C33H31ClN2O6S/c1-17(2)11-12-41-25-10-5-19(15-26(25)40-4)29-28(30(37)20-6-9-24-21(14-20)13-18(3)42-24)31(38)32(39)36(29)33-35-23-8-7-22(34)16-27(23)43-33/h5-10,14-18,29,37H,11-13H2,1-4H3/b30-28+/t18-,29+/m1/s1. The molecule has 0 saturated carbocycles. The van der Waals surface area contributed by atoms with E-state index in [-0.39, 0.29) is 17.4 Å². The summed E-state index contributed by atoms with van der Waals surface area (Å²) in [6, 6.07) is 14.9. The number of amides is 1. The smallest absolute Gasteiger partial charge is 0.301 e. The van der Waals surface area contributed by atoms with Crippen LogP contribution in [0.3, 0.4) is 0 Å². The number of nitrogens with zero attached hydrogens (tertiary/aromatic N) is 2. The molecule has 2 aliphatic rings. The summed E-state index contributed by atoms with van der Waals surface area (Å²) < 4.78 is 18.2. The molecule has 0 spiro atoms. The average Bonchev–Trinajstić information content (AvgIpc) is 3.64. The highest BCUT2D eigenvalue weighted by Gasteiger charge is 2.48. The van der Waals surface area contributed by atoms with Crippen LogP contribution in [0.1, 0.15) is 49.9 Å². The second kappa shape index (κ2) is 11.5. The molecule has 10 heteroatoms. The van der Waals surface area contributed by atoms with E-state index in [1.165, 1.54) is 23.3 Å². The van der Waals surface area contributed by atoms with Crippen LogP contribution >= 0.6 is 22.9 Å². The highest BCUT2D eigenvalue weighted by molar-refractivity contribution is 7.22. The summed E-state index contributed by atoms with van der Waals surface area (Å²) in [6.45, 7) is 6.73. The molecule has 1 saturated heterocycles. The minimum Gasteiger partial charge on any atom is -0.507 e. The molecule has 8 nitrogen and oxygen atoms in total. The van der Waals surface area contributed by atoms with Gasteiger partial charge >= 0.3 is 5.91 Å². The molecular weight excluding hydrogens is 588 g/mol. The zero-order valence-electron chi connectivity index (χ0n) is 24.2. The number of benzene rings is 3. The van der Waals surface area contributed by atoms with Gasteiger partial charge in [0.2, 0.25) is 0 Å². The number of methoxy groups -OCH3 is 1. The van der Waals surface area contributed by atoms with Crippen molar-refractivity contribution in [2.75, 3.05) is 18.6 Å². The van der Waals surface area contributed by atoms with Crippen molar-refractivity contribution in [3.8, 4) is 17.2 Å². The maximum atomic E-state index is 13.7. The molecule has 0 unspecified atom stereocenters. The Morgan fingerprint density at radius 2 is 1.95 bits per heavy atom. The van der Waals surface area contributed by atoms with Crippen molar-refractivity contribution < 1.29 is 28.9 Å². The number of hydrogen-bond donors (Lipinski definition) is 1. The van der Waals surface area contributed by atoms with Gasteiger partial charge in [-0.25, -0.2) is 4.98 Å². The number of rotatable bonds is 8. The number of aliphatic hydroxyl groups is 1. The minimum atomic E-state index is -0.974. The van der Waals surface area contributed by atoms with Gasteiger partial charge in [-0.05, 0) is 78.9 Å². The molecule has 2 aliphatic heterocycles. The predicted molar refractivity (Wildman–Crippen MR) is 168 cm³/mol. The van der Waals surface area contributed by atoms with Crippen LogP contribution in [0.5, 0.6) is 17.2 Å². The van der Waals surface area contributed by atoms with Crippen LogP contribution in [-0.4, -0.2) is 41.6 Å². The molecular formula is C33H31ClN2O6S. The Balaban J connectivity index is 1.49. The quantitative estimate of drug-likeness (QED) is 0.125. The first-order valence-corrected chi connectivity index (χ1v) is 15.3. The molecule has 0 radical (unpaired) electrons. The maximum Gasteiger partial charge on any atom is 0.301 e. The Morgan fingerprint density at radius 3 is 2.72 bits per heavy atom. The first-order chi connectivity index (χ1) is 20.6. The minimum absolute atomic E-state index is 0.0132. The number of aromatic nitrogens is 1. The first-order valence-electron chi connectivity index (χ1n) is 14.1. The largest absolute Gasteiger partial charge is 0.507 e. The van der Waals surface area contributed by atoms with Crippen LogP contribution in [-0.2, 0) is 16.0 Å². The Hall–Kier alpha value is -4.08. The van der Waals surface area contributed by atoms with Crippen LogP contribution in [0.15, 0.2) is 60.2 Å².